The minimum atomic E-state index is -0.856. The third kappa shape index (κ3) is 1.99. The van der Waals surface area contributed by atoms with Gasteiger partial charge < -0.3 is 4.98 Å². The second-order valence-electron chi connectivity index (χ2n) is 5.61. The van der Waals surface area contributed by atoms with Gasteiger partial charge in [-0.2, -0.15) is 0 Å². The van der Waals surface area contributed by atoms with Crippen LogP contribution in [-0.4, -0.2) is 46.7 Å². The maximum atomic E-state index is 12.3. The van der Waals surface area contributed by atoms with E-state index in [1.54, 1.807) is 0 Å². The van der Waals surface area contributed by atoms with E-state index >= 15 is 0 Å². The number of barbiturate groups is 1. The van der Waals surface area contributed by atoms with Gasteiger partial charge in [0.05, 0.1) is 0 Å². The van der Waals surface area contributed by atoms with E-state index in [1.807, 2.05) is 31.2 Å². The number of rotatable bonds is 2. The first kappa shape index (κ1) is 14.3. The highest BCUT2D eigenvalue weighted by Crippen LogP contribution is 2.27. The highest BCUT2D eigenvalue weighted by molar-refractivity contribution is 6.16. The second-order valence-corrected chi connectivity index (χ2v) is 5.61. The number of aryl methyl sites for hydroxylation is 1. The maximum absolute atomic E-state index is 12.3. The number of nitrogens with one attached hydrogen (secondary N) is 1. The molecule has 0 saturated carbocycles. The molecular weight excluding hydrogens is 282 g/mol. The van der Waals surface area contributed by atoms with E-state index in [1.165, 1.54) is 14.1 Å². The Morgan fingerprint density at radius 3 is 2.27 bits per heavy atom. The number of nitrogens with zero attached hydrogens (tertiary/aromatic N) is 2. The van der Waals surface area contributed by atoms with Gasteiger partial charge in [0.25, 0.3) is 0 Å². The molecule has 3 rings (SSSR count). The molecule has 0 radical (unpaired) electrons. The fourth-order valence-electron chi connectivity index (χ4n) is 2.96. The molecule has 114 valence electrons. The van der Waals surface area contributed by atoms with E-state index in [0.29, 0.717) is 0 Å². The molecule has 1 aromatic carbocycles. The Hall–Kier alpha value is -2.63. The number of fused-ring (bicyclic) bond motifs is 1. The Balaban J connectivity index is 2.00. The summed E-state index contributed by atoms with van der Waals surface area (Å²) in [5.41, 5.74) is 2.85. The van der Waals surface area contributed by atoms with Crippen LogP contribution in [-0.2, 0) is 16.0 Å². The van der Waals surface area contributed by atoms with E-state index in [9.17, 15) is 14.4 Å². The number of aromatic amines is 1. The van der Waals surface area contributed by atoms with Gasteiger partial charge in [-0.1, -0.05) is 18.2 Å². The van der Waals surface area contributed by atoms with E-state index in [4.69, 9.17) is 0 Å². The molecule has 0 unspecified atom stereocenters. The fourth-order valence-corrected chi connectivity index (χ4v) is 2.96. The number of carbonyl (C=O) groups excluding carboxylic acids is 3. The van der Waals surface area contributed by atoms with Gasteiger partial charge in [0.2, 0.25) is 11.8 Å². The zero-order valence-electron chi connectivity index (χ0n) is 12.7. The minimum Gasteiger partial charge on any atom is -0.358 e. The van der Waals surface area contributed by atoms with E-state index in [-0.39, 0.29) is 6.42 Å². The number of hydrogen-bond donors (Lipinski definition) is 1. The van der Waals surface area contributed by atoms with Gasteiger partial charge in [-0.05, 0) is 25.0 Å². The van der Waals surface area contributed by atoms with Crippen LogP contribution in [0.25, 0.3) is 10.9 Å². The van der Waals surface area contributed by atoms with Gasteiger partial charge in [-0.15, -0.1) is 0 Å². The van der Waals surface area contributed by atoms with Crippen molar-refractivity contribution in [1.82, 2.24) is 14.8 Å². The van der Waals surface area contributed by atoms with Crippen molar-refractivity contribution >= 4 is 28.7 Å². The number of para-hydroxylation sites is 1. The first-order valence-corrected chi connectivity index (χ1v) is 7.07. The minimum absolute atomic E-state index is 0.287. The third-order valence-corrected chi connectivity index (χ3v) is 4.27. The molecule has 2 heterocycles. The van der Waals surface area contributed by atoms with Crippen LogP contribution in [0.2, 0.25) is 0 Å². The molecule has 6 heteroatoms. The topological polar surface area (TPSA) is 73.5 Å². The predicted molar refractivity (Wildman–Crippen MR) is 81.2 cm³/mol. The predicted octanol–water partition coefficient (Wildman–Crippen LogP) is 1.69. The largest absolute Gasteiger partial charge is 0.358 e. The van der Waals surface area contributed by atoms with E-state index in [0.717, 1.165) is 32.0 Å². The number of amides is 4. The normalized spacial score (nSPS) is 17.0. The molecule has 1 aliphatic heterocycles. The average molecular weight is 299 g/mol. The first-order valence-electron chi connectivity index (χ1n) is 7.07. The van der Waals surface area contributed by atoms with Crippen LogP contribution in [0, 0.1) is 12.8 Å². The Kier molecular flexibility index (Phi) is 3.24. The lowest BCUT2D eigenvalue weighted by molar-refractivity contribution is -0.147. The van der Waals surface area contributed by atoms with Gasteiger partial charge in [0.15, 0.2) is 0 Å². The van der Waals surface area contributed by atoms with Crippen molar-refractivity contribution in [3.05, 3.63) is 35.5 Å². The lowest BCUT2D eigenvalue weighted by Crippen LogP contribution is -2.57. The highest BCUT2D eigenvalue weighted by Gasteiger charge is 2.42. The molecule has 1 fully saturated rings. The molecule has 0 bridgehead atoms. The molecule has 1 saturated heterocycles. The van der Waals surface area contributed by atoms with Crippen LogP contribution < -0.4 is 0 Å². The van der Waals surface area contributed by atoms with Crippen molar-refractivity contribution in [2.75, 3.05) is 14.1 Å². The zero-order valence-corrected chi connectivity index (χ0v) is 12.7. The van der Waals surface area contributed by atoms with Gasteiger partial charge in [0, 0.05) is 30.7 Å². The number of urea groups is 1. The second kappa shape index (κ2) is 4.98. The summed E-state index contributed by atoms with van der Waals surface area (Å²) < 4.78 is 0. The number of carbonyl (C=O) groups is 3. The standard InChI is InChI=1S/C16H17N3O3/c1-9-11(10-6-4-5-7-13(10)17-9)8-12-14(20)18(2)16(22)19(3)15(12)21/h4-7,12,17H,8H2,1-3H3. The summed E-state index contributed by atoms with van der Waals surface area (Å²) in [5, 5.41) is 1.00. The van der Waals surface area contributed by atoms with Crippen molar-refractivity contribution < 1.29 is 14.4 Å². The van der Waals surface area contributed by atoms with Crippen molar-refractivity contribution in [2.45, 2.75) is 13.3 Å². The molecule has 0 spiro atoms. The van der Waals surface area contributed by atoms with E-state index < -0.39 is 23.8 Å². The van der Waals surface area contributed by atoms with E-state index in [2.05, 4.69) is 4.98 Å². The highest BCUT2D eigenvalue weighted by atomic mass is 16.2. The molecule has 2 aromatic rings. The fraction of sp³-hybridized carbons (Fsp3) is 0.312. The van der Waals surface area contributed by atoms with Crippen molar-refractivity contribution in [3.63, 3.8) is 0 Å². The smallest absolute Gasteiger partial charge is 0.332 e. The molecule has 1 aliphatic rings. The Bertz CT molecular complexity index is 769. The number of benzene rings is 1. The Morgan fingerprint density at radius 2 is 1.64 bits per heavy atom. The maximum Gasteiger partial charge on any atom is 0.332 e. The SMILES string of the molecule is Cc1[nH]c2ccccc2c1CC1C(=O)N(C)C(=O)N(C)C1=O. The number of aromatic nitrogens is 1. The van der Waals surface area contributed by atoms with Crippen LogP contribution in [0.3, 0.4) is 0 Å². The summed E-state index contributed by atoms with van der Waals surface area (Å²) >= 11 is 0. The van der Waals surface area contributed by atoms with Crippen molar-refractivity contribution in [2.24, 2.45) is 5.92 Å². The number of imide groups is 2. The molecule has 1 aromatic heterocycles. The molecule has 6 nitrogen and oxygen atoms in total. The zero-order chi connectivity index (χ0) is 16.0. The van der Waals surface area contributed by atoms with Crippen molar-refractivity contribution in [3.8, 4) is 0 Å². The first-order chi connectivity index (χ1) is 10.4. The van der Waals surface area contributed by atoms with Crippen molar-refractivity contribution in [1.29, 1.82) is 0 Å². The van der Waals surface area contributed by atoms with Crippen LogP contribution in [0.15, 0.2) is 24.3 Å². The monoisotopic (exact) mass is 299 g/mol. The molecular formula is C16H17N3O3. The summed E-state index contributed by atoms with van der Waals surface area (Å²) in [7, 11) is 2.81. The quantitative estimate of drug-likeness (QED) is 0.858. The lowest BCUT2D eigenvalue weighted by Gasteiger charge is -2.32. The van der Waals surface area contributed by atoms with Gasteiger partial charge in [-0.3, -0.25) is 19.4 Å². The van der Waals surface area contributed by atoms with Crippen LogP contribution >= 0.6 is 0 Å². The van der Waals surface area contributed by atoms with Gasteiger partial charge in [0.1, 0.15) is 5.92 Å². The number of H-pyrrole nitrogens is 1. The summed E-state index contributed by atoms with van der Waals surface area (Å²) in [6.45, 7) is 1.92. The summed E-state index contributed by atoms with van der Waals surface area (Å²) in [4.78, 5) is 41.7. The molecule has 1 N–H and O–H groups in total. The average Bonchev–Trinajstić information content (AvgIpc) is 2.83. The Morgan fingerprint density at radius 1 is 1.05 bits per heavy atom. The van der Waals surface area contributed by atoms with Gasteiger partial charge in [-0.25, -0.2) is 4.79 Å². The summed E-state index contributed by atoms with van der Waals surface area (Å²) in [5.74, 6) is -1.75. The van der Waals surface area contributed by atoms with Crippen LogP contribution in [0.1, 0.15) is 11.3 Å². The molecule has 0 atom stereocenters. The number of hydrogen-bond acceptors (Lipinski definition) is 3. The Labute approximate surface area is 127 Å². The van der Waals surface area contributed by atoms with Crippen LogP contribution in [0.5, 0.6) is 0 Å². The van der Waals surface area contributed by atoms with Crippen LogP contribution in [0.4, 0.5) is 4.79 Å². The molecule has 4 amide bonds. The lowest BCUT2D eigenvalue weighted by atomic mass is 9.93. The summed E-state index contributed by atoms with van der Waals surface area (Å²) in [6.07, 6.45) is 0.287. The summed E-state index contributed by atoms with van der Waals surface area (Å²) in [6, 6.07) is 7.19. The molecule has 0 aliphatic carbocycles. The third-order valence-electron chi connectivity index (χ3n) is 4.27. The molecule has 22 heavy (non-hydrogen) atoms. The van der Waals surface area contributed by atoms with Gasteiger partial charge >= 0.3 is 6.03 Å².